The predicted octanol–water partition coefficient (Wildman–Crippen LogP) is 3.24. The summed E-state index contributed by atoms with van der Waals surface area (Å²) in [6, 6.07) is 17.0. The SMILES string of the molecule is Cc1ccc(C(CCO)NC(=O)c2ccc(-c3ccn[nH]3)cc2)cc1. The molecule has 0 saturated carbocycles. The number of amides is 1. The van der Waals surface area contributed by atoms with Crippen LogP contribution >= 0.6 is 0 Å². The second kappa shape index (κ2) is 7.77. The molecule has 0 bridgehead atoms. The van der Waals surface area contributed by atoms with Crippen LogP contribution in [0.25, 0.3) is 11.3 Å². The molecule has 25 heavy (non-hydrogen) atoms. The van der Waals surface area contributed by atoms with Crippen LogP contribution in [0.15, 0.2) is 60.8 Å². The van der Waals surface area contributed by atoms with Crippen molar-refractivity contribution in [2.45, 2.75) is 19.4 Å². The summed E-state index contributed by atoms with van der Waals surface area (Å²) in [6.07, 6.45) is 2.16. The fourth-order valence-electron chi connectivity index (χ4n) is 2.71. The van der Waals surface area contributed by atoms with E-state index in [1.165, 1.54) is 0 Å². The molecule has 0 spiro atoms. The number of hydrogen-bond acceptors (Lipinski definition) is 3. The standard InChI is InChI=1S/C20H21N3O2/c1-14-2-4-15(5-3-14)18(11-13-24)22-20(25)17-8-6-16(7-9-17)19-10-12-21-23-19/h2-10,12,18,24H,11,13H2,1H3,(H,21,23)(H,22,25). The summed E-state index contributed by atoms with van der Waals surface area (Å²) in [6.45, 7) is 2.03. The lowest BCUT2D eigenvalue weighted by Gasteiger charge is -2.18. The maximum absolute atomic E-state index is 12.6. The Morgan fingerprint density at radius 3 is 2.44 bits per heavy atom. The highest BCUT2D eigenvalue weighted by Crippen LogP contribution is 2.20. The molecule has 0 fully saturated rings. The number of nitrogens with zero attached hydrogens (tertiary/aromatic N) is 1. The first kappa shape index (κ1) is 16.9. The predicted molar refractivity (Wildman–Crippen MR) is 97.1 cm³/mol. The summed E-state index contributed by atoms with van der Waals surface area (Å²) in [5.41, 5.74) is 4.61. The van der Waals surface area contributed by atoms with Crippen LogP contribution in [0.5, 0.6) is 0 Å². The van der Waals surface area contributed by atoms with Gasteiger partial charge in [0.2, 0.25) is 0 Å². The van der Waals surface area contributed by atoms with Gasteiger partial charge in [0.1, 0.15) is 0 Å². The fourth-order valence-corrected chi connectivity index (χ4v) is 2.71. The van der Waals surface area contributed by atoms with Crippen molar-refractivity contribution >= 4 is 5.91 Å². The Balaban J connectivity index is 1.73. The highest BCUT2D eigenvalue weighted by Gasteiger charge is 2.15. The summed E-state index contributed by atoms with van der Waals surface area (Å²) < 4.78 is 0. The average Bonchev–Trinajstić information content (AvgIpc) is 3.17. The Labute approximate surface area is 146 Å². The van der Waals surface area contributed by atoms with E-state index in [9.17, 15) is 9.90 Å². The zero-order valence-corrected chi connectivity index (χ0v) is 14.1. The minimum absolute atomic E-state index is 0.0115. The van der Waals surface area contributed by atoms with Crippen molar-refractivity contribution in [3.8, 4) is 11.3 Å². The van der Waals surface area contributed by atoms with Crippen molar-refractivity contribution in [2.75, 3.05) is 6.61 Å². The Hall–Kier alpha value is -2.92. The van der Waals surface area contributed by atoms with Gasteiger partial charge in [-0.15, -0.1) is 0 Å². The van der Waals surface area contributed by atoms with E-state index in [1.54, 1.807) is 18.3 Å². The van der Waals surface area contributed by atoms with Gasteiger partial charge in [-0.05, 0) is 42.7 Å². The summed E-state index contributed by atoms with van der Waals surface area (Å²) in [5, 5.41) is 19.1. The first-order valence-electron chi connectivity index (χ1n) is 8.25. The minimum atomic E-state index is -0.217. The molecule has 5 heteroatoms. The smallest absolute Gasteiger partial charge is 0.251 e. The number of aromatic nitrogens is 2. The van der Waals surface area contributed by atoms with E-state index in [-0.39, 0.29) is 18.6 Å². The number of carbonyl (C=O) groups is 1. The average molecular weight is 335 g/mol. The van der Waals surface area contributed by atoms with E-state index < -0.39 is 0 Å². The van der Waals surface area contributed by atoms with Gasteiger partial charge in [-0.2, -0.15) is 5.10 Å². The van der Waals surface area contributed by atoms with Gasteiger partial charge in [-0.1, -0.05) is 42.0 Å². The molecule has 0 radical (unpaired) electrons. The molecule has 3 aromatic rings. The van der Waals surface area contributed by atoms with E-state index in [1.807, 2.05) is 49.4 Å². The third-order valence-corrected chi connectivity index (χ3v) is 4.16. The van der Waals surface area contributed by atoms with Crippen LogP contribution in [0, 0.1) is 6.92 Å². The number of rotatable bonds is 6. The molecular formula is C20H21N3O2. The number of carbonyl (C=O) groups excluding carboxylic acids is 1. The Morgan fingerprint density at radius 1 is 1.12 bits per heavy atom. The number of aryl methyl sites for hydroxylation is 1. The Bertz CT molecular complexity index is 809. The van der Waals surface area contributed by atoms with Gasteiger partial charge < -0.3 is 10.4 Å². The van der Waals surface area contributed by atoms with E-state index in [0.717, 1.165) is 22.4 Å². The van der Waals surface area contributed by atoms with Crippen LogP contribution < -0.4 is 5.32 Å². The molecule has 0 aliphatic heterocycles. The number of benzene rings is 2. The summed E-state index contributed by atoms with van der Waals surface area (Å²) in [4.78, 5) is 12.6. The zero-order valence-electron chi connectivity index (χ0n) is 14.1. The molecule has 1 unspecified atom stereocenters. The lowest BCUT2D eigenvalue weighted by atomic mass is 10.0. The minimum Gasteiger partial charge on any atom is -0.396 e. The molecule has 128 valence electrons. The van der Waals surface area contributed by atoms with Gasteiger partial charge in [0.25, 0.3) is 5.91 Å². The molecule has 2 aromatic carbocycles. The zero-order chi connectivity index (χ0) is 17.6. The van der Waals surface area contributed by atoms with Crippen LogP contribution in [0.3, 0.4) is 0 Å². The lowest BCUT2D eigenvalue weighted by molar-refractivity contribution is 0.0930. The number of nitrogens with one attached hydrogen (secondary N) is 2. The van der Waals surface area contributed by atoms with Crippen molar-refractivity contribution < 1.29 is 9.90 Å². The van der Waals surface area contributed by atoms with Crippen molar-refractivity contribution in [2.24, 2.45) is 0 Å². The van der Waals surface area contributed by atoms with E-state index in [4.69, 9.17) is 0 Å². The third kappa shape index (κ3) is 4.14. The topological polar surface area (TPSA) is 78.0 Å². The summed E-state index contributed by atoms with van der Waals surface area (Å²) in [7, 11) is 0. The number of hydrogen-bond donors (Lipinski definition) is 3. The number of aromatic amines is 1. The monoisotopic (exact) mass is 335 g/mol. The molecular weight excluding hydrogens is 314 g/mol. The quantitative estimate of drug-likeness (QED) is 0.647. The molecule has 1 atom stereocenters. The van der Waals surface area contributed by atoms with Crippen LogP contribution in [-0.4, -0.2) is 27.8 Å². The molecule has 3 rings (SSSR count). The normalized spacial score (nSPS) is 11.9. The van der Waals surface area contributed by atoms with Gasteiger partial charge in [-0.3, -0.25) is 9.89 Å². The largest absolute Gasteiger partial charge is 0.396 e. The van der Waals surface area contributed by atoms with Crippen LogP contribution in [0.4, 0.5) is 0 Å². The highest BCUT2D eigenvalue weighted by molar-refractivity contribution is 5.94. The second-order valence-corrected chi connectivity index (χ2v) is 6.00. The van der Waals surface area contributed by atoms with Gasteiger partial charge >= 0.3 is 0 Å². The first-order chi connectivity index (χ1) is 12.2. The number of aliphatic hydroxyl groups excluding tert-OH is 1. The second-order valence-electron chi connectivity index (χ2n) is 6.00. The summed E-state index contributed by atoms with van der Waals surface area (Å²) >= 11 is 0. The van der Waals surface area contributed by atoms with Crippen molar-refractivity contribution in [1.82, 2.24) is 15.5 Å². The lowest BCUT2D eigenvalue weighted by Crippen LogP contribution is -2.29. The van der Waals surface area contributed by atoms with E-state index in [0.29, 0.717) is 12.0 Å². The van der Waals surface area contributed by atoms with Crippen molar-refractivity contribution in [1.29, 1.82) is 0 Å². The van der Waals surface area contributed by atoms with Gasteiger partial charge in [0.05, 0.1) is 11.7 Å². The number of H-pyrrole nitrogens is 1. The van der Waals surface area contributed by atoms with Crippen LogP contribution in [0.1, 0.15) is 33.9 Å². The molecule has 5 nitrogen and oxygen atoms in total. The molecule has 1 heterocycles. The van der Waals surface area contributed by atoms with Crippen molar-refractivity contribution in [3.05, 3.63) is 77.5 Å². The van der Waals surface area contributed by atoms with Gasteiger partial charge in [0, 0.05) is 18.4 Å². The third-order valence-electron chi connectivity index (χ3n) is 4.16. The van der Waals surface area contributed by atoms with Crippen LogP contribution in [-0.2, 0) is 0 Å². The molecule has 1 aromatic heterocycles. The molecule has 0 saturated heterocycles. The molecule has 0 aliphatic carbocycles. The maximum Gasteiger partial charge on any atom is 0.251 e. The number of aliphatic hydroxyl groups is 1. The van der Waals surface area contributed by atoms with Crippen molar-refractivity contribution in [3.63, 3.8) is 0 Å². The Kier molecular flexibility index (Phi) is 5.26. The highest BCUT2D eigenvalue weighted by atomic mass is 16.3. The summed E-state index contributed by atoms with van der Waals surface area (Å²) in [5.74, 6) is -0.157. The fraction of sp³-hybridized carbons (Fsp3) is 0.200. The molecule has 0 aliphatic rings. The first-order valence-corrected chi connectivity index (χ1v) is 8.25. The molecule has 3 N–H and O–H groups in total. The van der Waals surface area contributed by atoms with Gasteiger partial charge in [0.15, 0.2) is 0 Å². The van der Waals surface area contributed by atoms with E-state index >= 15 is 0 Å². The Morgan fingerprint density at radius 2 is 1.84 bits per heavy atom. The van der Waals surface area contributed by atoms with Crippen LogP contribution in [0.2, 0.25) is 0 Å². The molecule has 1 amide bonds. The van der Waals surface area contributed by atoms with E-state index in [2.05, 4.69) is 15.5 Å². The maximum atomic E-state index is 12.6. The van der Waals surface area contributed by atoms with Gasteiger partial charge in [-0.25, -0.2) is 0 Å².